The van der Waals surface area contributed by atoms with Crippen molar-refractivity contribution in [3.63, 3.8) is 0 Å². The van der Waals surface area contributed by atoms with Crippen LogP contribution in [0.5, 0.6) is 0 Å². The minimum absolute atomic E-state index is 0.0779. The fraction of sp³-hybridized carbons (Fsp3) is 0.375. The molecule has 2 heterocycles. The lowest BCUT2D eigenvalue weighted by Crippen LogP contribution is -2.50. The van der Waals surface area contributed by atoms with E-state index in [4.69, 9.17) is 9.47 Å². The second kappa shape index (κ2) is 6.42. The highest BCUT2D eigenvalue weighted by molar-refractivity contribution is 5.67. The van der Waals surface area contributed by atoms with E-state index in [1.54, 1.807) is 30.3 Å². The molecule has 0 unspecified atom stereocenters. The summed E-state index contributed by atoms with van der Waals surface area (Å²) in [6.45, 7) is 2.30. The van der Waals surface area contributed by atoms with Gasteiger partial charge in [0.25, 0.3) is 0 Å². The molecule has 1 aromatic heterocycles. The predicted molar refractivity (Wildman–Crippen MR) is 85.4 cm³/mol. The van der Waals surface area contributed by atoms with E-state index in [1.165, 1.54) is 23.2 Å². The third-order valence-electron chi connectivity index (χ3n) is 3.89. The van der Waals surface area contributed by atoms with E-state index in [2.05, 4.69) is 0 Å². The zero-order valence-corrected chi connectivity index (χ0v) is 13.7. The quantitative estimate of drug-likeness (QED) is 0.705. The van der Waals surface area contributed by atoms with Crippen LogP contribution in [0.1, 0.15) is 13.8 Å². The fourth-order valence-corrected chi connectivity index (χ4v) is 2.90. The average Bonchev–Trinajstić information content (AvgIpc) is 2.78. The van der Waals surface area contributed by atoms with Crippen molar-refractivity contribution in [2.75, 3.05) is 0 Å². The topological polar surface area (TPSA) is 102 Å². The summed E-state index contributed by atoms with van der Waals surface area (Å²) in [4.78, 5) is 47.9. The van der Waals surface area contributed by atoms with E-state index in [-0.39, 0.29) is 13.1 Å². The third kappa shape index (κ3) is 3.12. The number of hydrogen-bond acceptors (Lipinski definition) is 6. The number of esters is 2. The molecule has 0 fully saturated rings. The van der Waals surface area contributed by atoms with Crippen LogP contribution in [0.25, 0.3) is 5.69 Å². The highest BCUT2D eigenvalue weighted by Crippen LogP contribution is 2.15. The maximum absolute atomic E-state index is 12.7. The average molecular weight is 347 g/mol. The lowest BCUT2D eigenvalue weighted by atomic mass is 10.1. The van der Waals surface area contributed by atoms with Gasteiger partial charge in [0.15, 0.2) is 12.2 Å². The lowest BCUT2D eigenvalue weighted by molar-refractivity contribution is -0.171. The van der Waals surface area contributed by atoms with Crippen LogP contribution in [0.3, 0.4) is 0 Å². The summed E-state index contributed by atoms with van der Waals surface area (Å²) in [5, 5.41) is 0. The first-order valence-electron chi connectivity index (χ1n) is 7.71. The normalized spacial score (nSPS) is 19.1. The van der Waals surface area contributed by atoms with Gasteiger partial charge in [-0.25, -0.2) is 23.5 Å². The van der Waals surface area contributed by atoms with E-state index in [0.717, 1.165) is 4.57 Å². The molecular formula is C16H17N3O6. The second-order valence-corrected chi connectivity index (χ2v) is 5.70. The van der Waals surface area contributed by atoms with Crippen molar-refractivity contribution in [2.45, 2.75) is 39.1 Å². The summed E-state index contributed by atoms with van der Waals surface area (Å²) >= 11 is 0. The Morgan fingerprint density at radius 3 is 1.72 bits per heavy atom. The molecular weight excluding hydrogens is 330 g/mol. The Bertz CT molecular complexity index is 868. The summed E-state index contributed by atoms with van der Waals surface area (Å²) in [6.07, 6.45) is -1.68. The van der Waals surface area contributed by atoms with E-state index in [9.17, 15) is 19.2 Å². The molecule has 2 aromatic rings. The molecule has 0 amide bonds. The van der Waals surface area contributed by atoms with Gasteiger partial charge < -0.3 is 9.47 Å². The van der Waals surface area contributed by atoms with Crippen LogP contribution in [-0.2, 0) is 32.2 Å². The van der Waals surface area contributed by atoms with Crippen LogP contribution in [0, 0.1) is 0 Å². The van der Waals surface area contributed by atoms with Gasteiger partial charge in [-0.2, -0.15) is 0 Å². The first-order chi connectivity index (χ1) is 11.9. The second-order valence-electron chi connectivity index (χ2n) is 5.70. The number of aromatic nitrogens is 3. The highest BCUT2D eigenvalue weighted by Gasteiger charge is 2.36. The molecule has 0 radical (unpaired) electrons. The van der Waals surface area contributed by atoms with Gasteiger partial charge in [0, 0.05) is 13.8 Å². The van der Waals surface area contributed by atoms with Gasteiger partial charge in [0.05, 0.1) is 18.8 Å². The van der Waals surface area contributed by atoms with Crippen molar-refractivity contribution in [3.8, 4) is 5.69 Å². The van der Waals surface area contributed by atoms with Crippen LogP contribution >= 0.6 is 0 Å². The number of carbonyl (C=O) groups excluding carboxylic acids is 2. The van der Waals surface area contributed by atoms with Crippen molar-refractivity contribution < 1.29 is 19.1 Å². The molecule has 9 nitrogen and oxygen atoms in total. The number of nitrogens with zero attached hydrogens (tertiary/aromatic N) is 3. The predicted octanol–water partition coefficient (Wildman–Crippen LogP) is -0.322. The number of fused-ring (bicyclic) bond motifs is 1. The van der Waals surface area contributed by atoms with Crippen molar-refractivity contribution in [1.82, 2.24) is 13.9 Å². The molecule has 9 heteroatoms. The van der Waals surface area contributed by atoms with Gasteiger partial charge in [0.2, 0.25) is 0 Å². The minimum Gasteiger partial charge on any atom is -0.457 e. The number of rotatable bonds is 3. The lowest BCUT2D eigenvalue weighted by Gasteiger charge is -2.31. The van der Waals surface area contributed by atoms with E-state index < -0.39 is 35.5 Å². The summed E-state index contributed by atoms with van der Waals surface area (Å²) in [5.41, 5.74) is -0.663. The Hall–Kier alpha value is -3.10. The van der Waals surface area contributed by atoms with Crippen LogP contribution in [0.4, 0.5) is 0 Å². The van der Waals surface area contributed by atoms with Crippen molar-refractivity contribution in [1.29, 1.82) is 0 Å². The molecule has 0 spiro atoms. The number of benzene rings is 1. The smallest absolute Gasteiger partial charge is 0.351 e. The molecule has 2 atom stereocenters. The highest BCUT2D eigenvalue weighted by atomic mass is 16.6. The maximum atomic E-state index is 12.7. The number of hydrogen-bond donors (Lipinski definition) is 0. The van der Waals surface area contributed by atoms with Gasteiger partial charge in [-0.1, -0.05) is 18.2 Å². The first kappa shape index (κ1) is 16.7. The van der Waals surface area contributed by atoms with E-state index in [0.29, 0.717) is 5.69 Å². The molecule has 3 rings (SSSR count). The minimum atomic E-state index is -0.842. The first-order valence-corrected chi connectivity index (χ1v) is 7.71. The molecule has 0 saturated carbocycles. The molecule has 0 bridgehead atoms. The summed E-state index contributed by atoms with van der Waals surface area (Å²) < 4.78 is 13.8. The van der Waals surface area contributed by atoms with Crippen LogP contribution in [0.2, 0.25) is 0 Å². The Labute approximate surface area is 142 Å². The van der Waals surface area contributed by atoms with Crippen molar-refractivity contribution in [2.24, 2.45) is 0 Å². The Morgan fingerprint density at radius 2 is 1.32 bits per heavy atom. The van der Waals surface area contributed by atoms with E-state index in [1.807, 2.05) is 0 Å². The Balaban J connectivity index is 2.07. The number of para-hydroxylation sites is 1. The monoisotopic (exact) mass is 347 g/mol. The molecule has 0 aliphatic carbocycles. The standard InChI is InChI=1S/C16H17N3O6/c1-10(20)24-13-8-17-15(22)19(12-6-4-3-5-7-12)16(23)18(17)9-14(13)25-11(2)21/h3-7,13-14H,8-9H2,1-2H3/t13-,14-/m1/s1. The fourth-order valence-electron chi connectivity index (χ4n) is 2.90. The molecule has 0 saturated heterocycles. The summed E-state index contributed by atoms with van der Waals surface area (Å²) in [6, 6.07) is 8.48. The largest absolute Gasteiger partial charge is 0.457 e. The zero-order chi connectivity index (χ0) is 18.1. The maximum Gasteiger partial charge on any atom is 0.351 e. The summed E-state index contributed by atoms with van der Waals surface area (Å²) in [7, 11) is 0. The van der Waals surface area contributed by atoms with Gasteiger partial charge in [-0.3, -0.25) is 9.59 Å². The Morgan fingerprint density at radius 1 is 0.880 bits per heavy atom. The molecule has 1 aliphatic rings. The molecule has 132 valence electrons. The Kier molecular flexibility index (Phi) is 4.30. The zero-order valence-electron chi connectivity index (χ0n) is 13.7. The van der Waals surface area contributed by atoms with Crippen molar-refractivity contribution in [3.05, 3.63) is 51.3 Å². The van der Waals surface area contributed by atoms with Gasteiger partial charge in [-0.15, -0.1) is 0 Å². The van der Waals surface area contributed by atoms with Gasteiger partial charge in [-0.05, 0) is 12.1 Å². The SMILES string of the molecule is CC(=O)O[C@@H]1Cn2c(=O)n(-c3ccccc3)c(=O)n2C[C@H]1OC(C)=O. The summed E-state index contributed by atoms with van der Waals surface area (Å²) in [5.74, 6) is -1.12. The van der Waals surface area contributed by atoms with E-state index >= 15 is 0 Å². The number of carbonyl (C=O) groups is 2. The third-order valence-corrected chi connectivity index (χ3v) is 3.89. The van der Waals surface area contributed by atoms with Crippen LogP contribution in [0.15, 0.2) is 39.9 Å². The molecule has 1 aromatic carbocycles. The number of ether oxygens (including phenoxy) is 2. The van der Waals surface area contributed by atoms with Gasteiger partial charge >= 0.3 is 23.3 Å². The van der Waals surface area contributed by atoms with Gasteiger partial charge in [0.1, 0.15) is 0 Å². The molecule has 25 heavy (non-hydrogen) atoms. The van der Waals surface area contributed by atoms with Crippen molar-refractivity contribution >= 4 is 11.9 Å². The molecule has 1 aliphatic heterocycles. The van der Waals surface area contributed by atoms with Crippen LogP contribution < -0.4 is 11.4 Å². The van der Waals surface area contributed by atoms with Crippen LogP contribution in [-0.4, -0.2) is 38.1 Å². The molecule has 0 N–H and O–H groups in total.